The highest BCUT2D eigenvalue weighted by Gasteiger charge is 2.23. The van der Waals surface area contributed by atoms with Gasteiger partial charge in [0.25, 0.3) is 0 Å². The fourth-order valence-electron chi connectivity index (χ4n) is 2.32. The van der Waals surface area contributed by atoms with Gasteiger partial charge in [0.15, 0.2) is 0 Å². The maximum absolute atomic E-state index is 11.1. The van der Waals surface area contributed by atoms with Crippen LogP contribution in [-0.4, -0.2) is 43.0 Å². The number of nitrogens with zero attached hydrogens (tertiary/aromatic N) is 1. The van der Waals surface area contributed by atoms with Gasteiger partial charge in [-0.25, -0.2) is 0 Å². The van der Waals surface area contributed by atoms with Gasteiger partial charge in [-0.3, -0.25) is 9.69 Å². The smallest absolute Gasteiger partial charge is 0.221 e. The molecule has 1 rings (SSSR count). The van der Waals surface area contributed by atoms with Crippen molar-refractivity contribution in [2.75, 3.05) is 26.2 Å². The van der Waals surface area contributed by atoms with Gasteiger partial charge in [0.2, 0.25) is 5.91 Å². The van der Waals surface area contributed by atoms with Crippen LogP contribution in [0.5, 0.6) is 0 Å². The third kappa shape index (κ3) is 4.10. The average molecular weight is 227 g/mol. The Balaban J connectivity index is 2.48. The highest BCUT2D eigenvalue weighted by molar-refractivity contribution is 5.76. The number of primary amides is 1. The van der Waals surface area contributed by atoms with Crippen molar-refractivity contribution in [3.05, 3.63) is 0 Å². The van der Waals surface area contributed by atoms with E-state index in [1.807, 2.05) is 6.92 Å². The first-order valence-corrected chi connectivity index (χ1v) is 6.39. The SMILES string of the molecule is CCCN(CC(C)C(N)=O)C1CCNCC1. The Bertz CT molecular complexity index is 214. The Morgan fingerprint density at radius 2 is 2.12 bits per heavy atom. The summed E-state index contributed by atoms with van der Waals surface area (Å²) in [6, 6.07) is 0.628. The molecule has 0 bridgehead atoms. The minimum atomic E-state index is -0.185. The van der Waals surface area contributed by atoms with Crippen LogP contribution in [0.15, 0.2) is 0 Å². The van der Waals surface area contributed by atoms with Crippen molar-refractivity contribution < 1.29 is 4.79 Å². The molecule has 0 spiro atoms. The molecule has 16 heavy (non-hydrogen) atoms. The quantitative estimate of drug-likeness (QED) is 0.697. The summed E-state index contributed by atoms with van der Waals surface area (Å²) >= 11 is 0. The molecule has 1 atom stereocenters. The van der Waals surface area contributed by atoms with Crippen LogP contribution < -0.4 is 11.1 Å². The number of nitrogens with two attached hydrogens (primary N) is 1. The number of rotatable bonds is 6. The Hall–Kier alpha value is -0.610. The van der Waals surface area contributed by atoms with E-state index in [1.54, 1.807) is 0 Å². The van der Waals surface area contributed by atoms with Crippen molar-refractivity contribution in [3.63, 3.8) is 0 Å². The third-order valence-corrected chi connectivity index (χ3v) is 3.33. The van der Waals surface area contributed by atoms with Crippen LogP contribution in [0, 0.1) is 5.92 Å². The molecule has 1 saturated heterocycles. The first kappa shape index (κ1) is 13.5. The lowest BCUT2D eigenvalue weighted by molar-refractivity contribution is -0.122. The van der Waals surface area contributed by atoms with Crippen molar-refractivity contribution >= 4 is 5.91 Å². The molecule has 1 aliphatic heterocycles. The standard InChI is InChI=1S/C12H25N3O/c1-3-8-15(9-10(2)12(13)16)11-4-6-14-7-5-11/h10-11,14H,3-9H2,1-2H3,(H2,13,16). The zero-order chi connectivity index (χ0) is 12.0. The molecule has 0 radical (unpaired) electrons. The Morgan fingerprint density at radius 1 is 1.50 bits per heavy atom. The summed E-state index contributed by atoms with van der Waals surface area (Å²) in [5, 5.41) is 3.37. The Labute approximate surface area is 98.6 Å². The van der Waals surface area contributed by atoms with E-state index in [4.69, 9.17) is 5.73 Å². The maximum Gasteiger partial charge on any atom is 0.221 e. The number of hydrogen-bond acceptors (Lipinski definition) is 3. The number of carbonyl (C=O) groups excluding carboxylic acids is 1. The number of amides is 1. The predicted octanol–water partition coefficient (Wildman–Crippen LogP) is 0.572. The molecule has 1 unspecified atom stereocenters. The van der Waals surface area contributed by atoms with Crippen molar-refractivity contribution in [1.82, 2.24) is 10.2 Å². The zero-order valence-electron chi connectivity index (χ0n) is 10.5. The number of piperidine rings is 1. The van der Waals surface area contributed by atoms with Crippen LogP contribution in [0.25, 0.3) is 0 Å². The molecule has 0 aromatic carbocycles. The van der Waals surface area contributed by atoms with Gasteiger partial charge in [0.05, 0.1) is 0 Å². The van der Waals surface area contributed by atoms with Crippen LogP contribution in [0.4, 0.5) is 0 Å². The molecule has 1 heterocycles. The highest BCUT2D eigenvalue weighted by Crippen LogP contribution is 2.14. The van der Waals surface area contributed by atoms with Gasteiger partial charge in [-0.05, 0) is 38.9 Å². The molecule has 4 heteroatoms. The van der Waals surface area contributed by atoms with Crippen LogP contribution in [0.1, 0.15) is 33.1 Å². The summed E-state index contributed by atoms with van der Waals surface area (Å²) in [4.78, 5) is 13.5. The molecule has 1 fully saturated rings. The molecule has 1 aliphatic rings. The fraction of sp³-hybridized carbons (Fsp3) is 0.917. The van der Waals surface area contributed by atoms with E-state index < -0.39 is 0 Å². The monoisotopic (exact) mass is 227 g/mol. The summed E-state index contributed by atoms with van der Waals surface area (Å²) in [5.74, 6) is -0.225. The minimum Gasteiger partial charge on any atom is -0.369 e. The molecule has 1 amide bonds. The Kier molecular flexibility index (Phi) is 5.77. The molecule has 3 N–H and O–H groups in total. The van der Waals surface area contributed by atoms with E-state index in [-0.39, 0.29) is 11.8 Å². The van der Waals surface area contributed by atoms with Crippen LogP contribution in [0.3, 0.4) is 0 Å². The molecular weight excluding hydrogens is 202 g/mol. The summed E-state index contributed by atoms with van der Waals surface area (Å²) < 4.78 is 0. The molecular formula is C12H25N3O. The molecule has 0 aromatic heterocycles. The second-order valence-electron chi connectivity index (χ2n) is 4.78. The van der Waals surface area contributed by atoms with Crippen molar-refractivity contribution in [3.8, 4) is 0 Å². The second kappa shape index (κ2) is 6.86. The fourth-order valence-corrected chi connectivity index (χ4v) is 2.32. The van der Waals surface area contributed by atoms with Gasteiger partial charge < -0.3 is 11.1 Å². The van der Waals surface area contributed by atoms with Crippen molar-refractivity contribution in [2.45, 2.75) is 39.2 Å². The van der Waals surface area contributed by atoms with E-state index in [0.29, 0.717) is 6.04 Å². The first-order valence-electron chi connectivity index (χ1n) is 6.39. The molecule has 0 aromatic rings. The predicted molar refractivity (Wildman–Crippen MR) is 66.1 cm³/mol. The first-order chi connectivity index (χ1) is 7.65. The van der Waals surface area contributed by atoms with Gasteiger partial charge in [-0.2, -0.15) is 0 Å². The zero-order valence-corrected chi connectivity index (χ0v) is 10.5. The topological polar surface area (TPSA) is 58.4 Å². The van der Waals surface area contributed by atoms with Crippen LogP contribution in [0.2, 0.25) is 0 Å². The lowest BCUT2D eigenvalue weighted by atomic mass is 10.0. The molecule has 0 aliphatic carbocycles. The summed E-state index contributed by atoms with van der Waals surface area (Å²) in [6.07, 6.45) is 3.51. The van der Waals surface area contributed by atoms with Crippen molar-refractivity contribution in [2.24, 2.45) is 11.7 Å². The normalized spacial score (nSPS) is 19.9. The second-order valence-corrected chi connectivity index (χ2v) is 4.78. The number of carbonyl (C=O) groups is 1. The van der Waals surface area contributed by atoms with E-state index in [9.17, 15) is 4.79 Å². The van der Waals surface area contributed by atoms with E-state index in [0.717, 1.165) is 32.6 Å². The van der Waals surface area contributed by atoms with Gasteiger partial charge in [-0.1, -0.05) is 13.8 Å². The maximum atomic E-state index is 11.1. The van der Waals surface area contributed by atoms with E-state index >= 15 is 0 Å². The molecule has 94 valence electrons. The lowest BCUT2D eigenvalue weighted by Crippen LogP contribution is -2.46. The Morgan fingerprint density at radius 3 is 2.62 bits per heavy atom. The third-order valence-electron chi connectivity index (χ3n) is 3.33. The highest BCUT2D eigenvalue weighted by atomic mass is 16.1. The van der Waals surface area contributed by atoms with Gasteiger partial charge in [-0.15, -0.1) is 0 Å². The van der Waals surface area contributed by atoms with Crippen LogP contribution >= 0.6 is 0 Å². The number of hydrogen-bond donors (Lipinski definition) is 2. The summed E-state index contributed by atoms with van der Waals surface area (Å²) in [5.41, 5.74) is 5.33. The van der Waals surface area contributed by atoms with E-state index in [2.05, 4.69) is 17.1 Å². The van der Waals surface area contributed by atoms with Crippen LogP contribution in [-0.2, 0) is 4.79 Å². The summed E-state index contributed by atoms with van der Waals surface area (Å²) in [7, 11) is 0. The van der Waals surface area contributed by atoms with Gasteiger partial charge >= 0.3 is 0 Å². The lowest BCUT2D eigenvalue weighted by Gasteiger charge is -2.35. The number of nitrogens with one attached hydrogen (secondary N) is 1. The average Bonchev–Trinajstić information content (AvgIpc) is 2.29. The van der Waals surface area contributed by atoms with Gasteiger partial charge in [0, 0.05) is 18.5 Å². The summed E-state index contributed by atoms with van der Waals surface area (Å²) in [6.45, 7) is 8.18. The van der Waals surface area contributed by atoms with Gasteiger partial charge in [0.1, 0.15) is 0 Å². The molecule has 0 saturated carbocycles. The van der Waals surface area contributed by atoms with Crippen molar-refractivity contribution in [1.29, 1.82) is 0 Å². The van der Waals surface area contributed by atoms with E-state index in [1.165, 1.54) is 12.8 Å². The largest absolute Gasteiger partial charge is 0.369 e. The molecule has 4 nitrogen and oxygen atoms in total. The minimum absolute atomic E-state index is 0.0403.